The van der Waals surface area contributed by atoms with Gasteiger partial charge in [-0.2, -0.15) is 5.10 Å². The molecule has 1 amide bonds. The van der Waals surface area contributed by atoms with Gasteiger partial charge in [0, 0.05) is 13.2 Å². The minimum Gasteiger partial charge on any atom is -0.480 e. The van der Waals surface area contributed by atoms with Crippen molar-refractivity contribution in [2.45, 2.75) is 26.3 Å². The van der Waals surface area contributed by atoms with Gasteiger partial charge in [-0.05, 0) is 5.92 Å². The second kappa shape index (κ2) is 5.47. The fourth-order valence-corrected chi connectivity index (χ4v) is 1.45. The van der Waals surface area contributed by atoms with E-state index >= 15 is 0 Å². The Bertz CT molecular complexity index is 414. The number of aryl methyl sites for hydroxylation is 1. The SMILES string of the molecule is CCC(C)C(NC(=O)c1cnn(C)c1)C(=O)O. The number of carboxylic acid groups (broad SMARTS) is 1. The Morgan fingerprint density at radius 3 is 2.65 bits per heavy atom. The monoisotopic (exact) mass is 239 g/mol. The second-order valence-electron chi connectivity index (χ2n) is 4.08. The highest BCUT2D eigenvalue weighted by atomic mass is 16.4. The third kappa shape index (κ3) is 3.30. The van der Waals surface area contributed by atoms with E-state index in [1.165, 1.54) is 10.9 Å². The molecule has 0 aliphatic heterocycles. The third-order valence-corrected chi connectivity index (χ3v) is 2.73. The van der Waals surface area contributed by atoms with E-state index in [0.717, 1.165) is 0 Å². The Balaban J connectivity index is 2.74. The van der Waals surface area contributed by atoms with E-state index in [9.17, 15) is 9.59 Å². The molecule has 0 aliphatic carbocycles. The van der Waals surface area contributed by atoms with Crippen molar-refractivity contribution in [2.24, 2.45) is 13.0 Å². The molecule has 1 aromatic heterocycles. The molecule has 0 aliphatic rings. The molecule has 1 heterocycles. The predicted octanol–water partition coefficient (Wildman–Crippen LogP) is 0.649. The van der Waals surface area contributed by atoms with Crippen LogP contribution in [0.4, 0.5) is 0 Å². The van der Waals surface area contributed by atoms with Gasteiger partial charge < -0.3 is 10.4 Å². The summed E-state index contributed by atoms with van der Waals surface area (Å²) in [4.78, 5) is 22.8. The molecule has 6 heteroatoms. The fourth-order valence-electron chi connectivity index (χ4n) is 1.45. The Labute approximate surface area is 99.6 Å². The number of aromatic nitrogens is 2. The first kappa shape index (κ1) is 13.2. The number of hydrogen-bond donors (Lipinski definition) is 2. The zero-order valence-corrected chi connectivity index (χ0v) is 10.2. The topological polar surface area (TPSA) is 84.2 Å². The first-order valence-corrected chi connectivity index (χ1v) is 5.48. The lowest BCUT2D eigenvalue weighted by Gasteiger charge is -2.19. The molecule has 2 atom stereocenters. The molecule has 0 saturated carbocycles. The van der Waals surface area contributed by atoms with Crippen LogP contribution < -0.4 is 5.32 Å². The molecule has 2 N–H and O–H groups in total. The highest BCUT2D eigenvalue weighted by Crippen LogP contribution is 2.09. The Morgan fingerprint density at radius 2 is 2.24 bits per heavy atom. The average molecular weight is 239 g/mol. The van der Waals surface area contributed by atoms with Gasteiger partial charge in [-0.1, -0.05) is 20.3 Å². The summed E-state index contributed by atoms with van der Waals surface area (Å²) in [6.07, 6.45) is 3.64. The Hall–Kier alpha value is -1.85. The molecule has 0 saturated heterocycles. The summed E-state index contributed by atoms with van der Waals surface area (Å²) in [7, 11) is 1.69. The van der Waals surface area contributed by atoms with E-state index < -0.39 is 17.9 Å². The van der Waals surface area contributed by atoms with Crippen LogP contribution in [-0.4, -0.2) is 32.8 Å². The fraction of sp³-hybridized carbons (Fsp3) is 0.545. The van der Waals surface area contributed by atoms with E-state index in [0.29, 0.717) is 12.0 Å². The molecule has 0 bridgehead atoms. The molecular weight excluding hydrogens is 222 g/mol. The number of nitrogens with one attached hydrogen (secondary N) is 1. The van der Waals surface area contributed by atoms with Gasteiger partial charge in [0.1, 0.15) is 6.04 Å². The number of carboxylic acids is 1. The maximum absolute atomic E-state index is 11.8. The lowest BCUT2D eigenvalue weighted by atomic mass is 9.99. The van der Waals surface area contributed by atoms with Gasteiger partial charge in [-0.25, -0.2) is 4.79 Å². The van der Waals surface area contributed by atoms with Crippen LogP contribution in [0.5, 0.6) is 0 Å². The Morgan fingerprint density at radius 1 is 1.59 bits per heavy atom. The van der Waals surface area contributed by atoms with Gasteiger partial charge in [0.05, 0.1) is 11.8 Å². The van der Waals surface area contributed by atoms with Crippen molar-refractivity contribution in [3.8, 4) is 0 Å². The second-order valence-corrected chi connectivity index (χ2v) is 4.08. The van der Waals surface area contributed by atoms with E-state index in [1.54, 1.807) is 20.2 Å². The number of carbonyl (C=O) groups excluding carboxylic acids is 1. The highest BCUT2D eigenvalue weighted by molar-refractivity contribution is 5.96. The normalized spacial score (nSPS) is 14.1. The summed E-state index contributed by atoms with van der Waals surface area (Å²) in [5.41, 5.74) is 0.363. The summed E-state index contributed by atoms with van der Waals surface area (Å²) >= 11 is 0. The van der Waals surface area contributed by atoms with Crippen LogP contribution in [0.3, 0.4) is 0 Å². The number of aliphatic carboxylic acids is 1. The summed E-state index contributed by atoms with van der Waals surface area (Å²) in [5, 5.41) is 15.4. The van der Waals surface area contributed by atoms with Gasteiger partial charge in [0.2, 0.25) is 0 Å². The molecule has 2 unspecified atom stereocenters. The van der Waals surface area contributed by atoms with Crippen molar-refractivity contribution >= 4 is 11.9 Å². The van der Waals surface area contributed by atoms with Gasteiger partial charge in [0.25, 0.3) is 5.91 Å². The summed E-state index contributed by atoms with van der Waals surface area (Å²) < 4.78 is 1.49. The molecule has 0 spiro atoms. The van der Waals surface area contributed by atoms with E-state index in [-0.39, 0.29) is 5.92 Å². The van der Waals surface area contributed by atoms with E-state index in [2.05, 4.69) is 10.4 Å². The standard InChI is InChI=1S/C11H17N3O3/c1-4-7(2)9(11(16)17)13-10(15)8-5-12-14(3)6-8/h5-7,9H,4H2,1-3H3,(H,13,15)(H,16,17). The molecule has 1 aromatic rings. The molecule has 6 nitrogen and oxygen atoms in total. The number of rotatable bonds is 5. The van der Waals surface area contributed by atoms with Crippen LogP contribution in [0.25, 0.3) is 0 Å². The van der Waals surface area contributed by atoms with Gasteiger partial charge in [0.15, 0.2) is 0 Å². The smallest absolute Gasteiger partial charge is 0.326 e. The van der Waals surface area contributed by atoms with Gasteiger partial charge in [-0.3, -0.25) is 9.48 Å². The van der Waals surface area contributed by atoms with Crippen LogP contribution in [0, 0.1) is 5.92 Å². The van der Waals surface area contributed by atoms with Gasteiger partial charge in [-0.15, -0.1) is 0 Å². The lowest BCUT2D eigenvalue weighted by molar-refractivity contribution is -0.140. The molecule has 94 valence electrons. The van der Waals surface area contributed by atoms with Crippen molar-refractivity contribution in [1.29, 1.82) is 0 Å². The third-order valence-electron chi connectivity index (χ3n) is 2.73. The molecular formula is C11H17N3O3. The predicted molar refractivity (Wildman–Crippen MR) is 61.6 cm³/mol. The first-order chi connectivity index (χ1) is 7.95. The lowest BCUT2D eigenvalue weighted by Crippen LogP contribution is -2.44. The maximum atomic E-state index is 11.8. The van der Waals surface area contributed by atoms with Crippen LogP contribution in [-0.2, 0) is 11.8 Å². The molecule has 17 heavy (non-hydrogen) atoms. The quantitative estimate of drug-likeness (QED) is 0.790. The average Bonchev–Trinajstić information content (AvgIpc) is 2.71. The van der Waals surface area contributed by atoms with Crippen molar-refractivity contribution < 1.29 is 14.7 Å². The minimum atomic E-state index is -1.02. The summed E-state index contributed by atoms with van der Waals surface area (Å²) in [5.74, 6) is -1.55. The number of nitrogens with zero attached hydrogens (tertiary/aromatic N) is 2. The van der Waals surface area contributed by atoms with Crippen molar-refractivity contribution in [1.82, 2.24) is 15.1 Å². The van der Waals surface area contributed by atoms with Crippen molar-refractivity contribution in [3.05, 3.63) is 18.0 Å². The molecule has 1 rings (SSSR count). The van der Waals surface area contributed by atoms with Crippen LogP contribution in [0.15, 0.2) is 12.4 Å². The number of carbonyl (C=O) groups is 2. The van der Waals surface area contributed by atoms with Gasteiger partial charge >= 0.3 is 5.97 Å². The van der Waals surface area contributed by atoms with Crippen molar-refractivity contribution in [2.75, 3.05) is 0 Å². The Kier molecular flexibility index (Phi) is 4.25. The minimum absolute atomic E-state index is 0.117. The highest BCUT2D eigenvalue weighted by Gasteiger charge is 2.25. The number of amides is 1. The van der Waals surface area contributed by atoms with Crippen LogP contribution >= 0.6 is 0 Å². The van der Waals surface area contributed by atoms with E-state index in [4.69, 9.17) is 5.11 Å². The zero-order valence-electron chi connectivity index (χ0n) is 10.2. The summed E-state index contributed by atoms with van der Waals surface area (Å²) in [6.45, 7) is 3.68. The largest absolute Gasteiger partial charge is 0.480 e. The van der Waals surface area contributed by atoms with Crippen molar-refractivity contribution in [3.63, 3.8) is 0 Å². The van der Waals surface area contributed by atoms with Crippen LogP contribution in [0.2, 0.25) is 0 Å². The number of hydrogen-bond acceptors (Lipinski definition) is 3. The maximum Gasteiger partial charge on any atom is 0.326 e. The first-order valence-electron chi connectivity index (χ1n) is 5.48. The molecule has 0 radical (unpaired) electrons. The molecule has 0 fully saturated rings. The van der Waals surface area contributed by atoms with Crippen LogP contribution in [0.1, 0.15) is 30.6 Å². The zero-order chi connectivity index (χ0) is 13.0. The molecule has 0 aromatic carbocycles. The van der Waals surface area contributed by atoms with E-state index in [1.807, 2.05) is 6.92 Å². The summed E-state index contributed by atoms with van der Waals surface area (Å²) in [6, 6.07) is -0.868.